The number of hydrogen-bond acceptors (Lipinski definition) is 3. The number of hydrogen-bond donors (Lipinski definition) is 1. The van der Waals surface area contributed by atoms with Gasteiger partial charge < -0.3 is 9.84 Å². The molecular formula is C12H10O3. The van der Waals surface area contributed by atoms with E-state index in [-0.39, 0.29) is 23.8 Å². The number of epoxide rings is 1. The summed E-state index contributed by atoms with van der Waals surface area (Å²) >= 11 is 0. The van der Waals surface area contributed by atoms with Crippen molar-refractivity contribution in [2.24, 2.45) is 0 Å². The van der Waals surface area contributed by atoms with Gasteiger partial charge in [-0.25, -0.2) is 0 Å². The minimum absolute atomic E-state index is 0.0893. The highest BCUT2D eigenvalue weighted by atomic mass is 16.6. The van der Waals surface area contributed by atoms with Crippen molar-refractivity contribution in [2.75, 3.05) is 0 Å². The number of fused-ring (bicyclic) bond motifs is 3. The fourth-order valence-electron chi connectivity index (χ4n) is 2.04. The van der Waals surface area contributed by atoms with E-state index in [1.807, 2.05) is 24.3 Å². The molecular weight excluding hydrogens is 192 g/mol. The van der Waals surface area contributed by atoms with E-state index in [9.17, 15) is 9.90 Å². The van der Waals surface area contributed by atoms with Crippen molar-refractivity contribution < 1.29 is 14.6 Å². The average Bonchev–Trinajstić information content (AvgIpc) is 3.05. The Balaban J connectivity index is 2.27. The Hall–Kier alpha value is -1.61. The van der Waals surface area contributed by atoms with E-state index < -0.39 is 0 Å². The van der Waals surface area contributed by atoms with Crippen LogP contribution in [0.5, 0.6) is 0 Å². The first-order valence-corrected chi connectivity index (χ1v) is 4.89. The second kappa shape index (κ2) is 2.70. The van der Waals surface area contributed by atoms with Crippen LogP contribution in [0.4, 0.5) is 0 Å². The molecule has 1 aromatic rings. The maximum atomic E-state index is 11.7. The lowest BCUT2D eigenvalue weighted by Crippen LogP contribution is -2.08. The van der Waals surface area contributed by atoms with Gasteiger partial charge in [0.05, 0.1) is 0 Å². The third-order valence-corrected chi connectivity index (χ3v) is 3.00. The molecule has 1 N–H and O–H groups in total. The molecule has 0 radical (unpaired) electrons. The van der Waals surface area contributed by atoms with Crippen molar-refractivity contribution in [3.63, 3.8) is 0 Å². The normalized spacial score (nSPS) is 28.2. The molecule has 3 nitrogen and oxygen atoms in total. The van der Waals surface area contributed by atoms with Gasteiger partial charge in [-0.1, -0.05) is 24.3 Å². The number of carbonyl (C=O) groups excluding carboxylic acids is 1. The summed E-state index contributed by atoms with van der Waals surface area (Å²) in [7, 11) is 0. The van der Waals surface area contributed by atoms with Crippen LogP contribution in [-0.4, -0.2) is 17.0 Å². The summed E-state index contributed by atoms with van der Waals surface area (Å²) in [5.41, 5.74) is 2.02. The average molecular weight is 202 g/mol. The number of aliphatic hydroxyl groups is 1. The number of ether oxygens (including phenoxy) is 1. The Bertz CT molecular complexity index is 487. The number of Topliss-reactive ketones (excluding diaryl/α,β-unsaturated/α-hetero) is 1. The zero-order chi connectivity index (χ0) is 10.6. The lowest BCUT2D eigenvalue weighted by atomic mass is 10.0. The van der Waals surface area contributed by atoms with Gasteiger partial charge in [0.2, 0.25) is 0 Å². The molecule has 2 atom stereocenters. The van der Waals surface area contributed by atoms with Crippen molar-refractivity contribution in [3.8, 4) is 0 Å². The fourth-order valence-corrected chi connectivity index (χ4v) is 2.04. The van der Waals surface area contributed by atoms with Gasteiger partial charge >= 0.3 is 0 Å². The van der Waals surface area contributed by atoms with Gasteiger partial charge in [0.15, 0.2) is 11.9 Å². The first-order chi connectivity index (χ1) is 7.20. The minimum atomic E-state index is -0.379. The molecule has 1 aliphatic carbocycles. The molecule has 1 saturated heterocycles. The number of rotatable bonds is 0. The van der Waals surface area contributed by atoms with Crippen molar-refractivity contribution in [1.82, 2.24) is 0 Å². The summed E-state index contributed by atoms with van der Waals surface area (Å²) in [6, 6.07) is 7.43. The largest absolute Gasteiger partial charge is 0.507 e. The molecule has 0 aromatic heterocycles. The van der Waals surface area contributed by atoms with Crippen LogP contribution in [0, 0.1) is 0 Å². The maximum absolute atomic E-state index is 11.7. The molecule has 2 unspecified atom stereocenters. The molecule has 76 valence electrons. The smallest absolute Gasteiger partial charge is 0.194 e. The molecule has 15 heavy (non-hydrogen) atoms. The van der Waals surface area contributed by atoms with Gasteiger partial charge in [-0.3, -0.25) is 4.79 Å². The van der Waals surface area contributed by atoms with Crippen LogP contribution in [0.2, 0.25) is 0 Å². The van der Waals surface area contributed by atoms with E-state index in [1.54, 1.807) is 6.92 Å². The molecule has 0 saturated carbocycles. The molecule has 0 spiro atoms. The Labute approximate surface area is 87.0 Å². The molecule has 3 heteroatoms. The van der Waals surface area contributed by atoms with Crippen molar-refractivity contribution in [1.29, 1.82) is 0 Å². The maximum Gasteiger partial charge on any atom is 0.194 e. The summed E-state index contributed by atoms with van der Waals surface area (Å²) in [5.74, 6) is -0.0138. The predicted molar refractivity (Wildman–Crippen MR) is 54.3 cm³/mol. The number of benzene rings is 1. The number of carbonyl (C=O) groups is 1. The number of aliphatic hydroxyl groups excluding tert-OH is 1. The summed E-state index contributed by atoms with van der Waals surface area (Å²) in [5, 5.41) is 9.92. The quantitative estimate of drug-likeness (QED) is 0.654. The van der Waals surface area contributed by atoms with E-state index in [0.717, 1.165) is 5.56 Å². The summed E-state index contributed by atoms with van der Waals surface area (Å²) in [6.45, 7) is 1.64. The first-order valence-electron chi connectivity index (χ1n) is 4.89. The van der Waals surface area contributed by atoms with Crippen LogP contribution >= 0.6 is 0 Å². The summed E-state index contributed by atoms with van der Waals surface area (Å²) in [6.07, 6.45) is -0.538. The lowest BCUT2D eigenvalue weighted by Gasteiger charge is -2.06. The second-order valence-electron chi connectivity index (χ2n) is 3.90. The fraction of sp³-hybridized carbons (Fsp3) is 0.250. The van der Waals surface area contributed by atoms with E-state index >= 15 is 0 Å². The third kappa shape index (κ3) is 1.07. The molecule has 0 bridgehead atoms. The van der Waals surface area contributed by atoms with Gasteiger partial charge in [-0.2, -0.15) is 0 Å². The zero-order valence-electron chi connectivity index (χ0n) is 8.23. The van der Waals surface area contributed by atoms with E-state index in [2.05, 4.69) is 0 Å². The Morgan fingerprint density at radius 3 is 2.80 bits per heavy atom. The van der Waals surface area contributed by atoms with E-state index in [0.29, 0.717) is 11.1 Å². The lowest BCUT2D eigenvalue weighted by molar-refractivity contribution is -0.116. The van der Waals surface area contributed by atoms with Crippen LogP contribution in [0.1, 0.15) is 24.2 Å². The van der Waals surface area contributed by atoms with Gasteiger partial charge in [-0.15, -0.1) is 0 Å². The first kappa shape index (κ1) is 8.68. The summed E-state index contributed by atoms with van der Waals surface area (Å²) < 4.78 is 5.32. The predicted octanol–water partition coefficient (Wildman–Crippen LogP) is 2.00. The molecule has 1 aromatic carbocycles. The highest BCUT2D eigenvalue weighted by molar-refractivity contribution is 6.06. The monoisotopic (exact) mass is 202 g/mol. The highest BCUT2D eigenvalue weighted by Crippen LogP contribution is 2.46. The van der Waals surface area contributed by atoms with Crippen LogP contribution in [-0.2, 0) is 9.53 Å². The van der Waals surface area contributed by atoms with Crippen LogP contribution in [0.3, 0.4) is 0 Å². The van der Waals surface area contributed by atoms with Crippen LogP contribution in [0.25, 0.3) is 5.76 Å². The van der Waals surface area contributed by atoms with Crippen molar-refractivity contribution in [2.45, 2.75) is 19.1 Å². The molecule has 0 amide bonds. The molecule has 1 aliphatic heterocycles. The Morgan fingerprint density at radius 2 is 2.00 bits per heavy atom. The zero-order valence-corrected chi connectivity index (χ0v) is 8.23. The van der Waals surface area contributed by atoms with Crippen LogP contribution < -0.4 is 0 Å². The molecule has 1 heterocycles. The molecule has 2 aliphatic rings. The standard InChI is InChI=1S/C12H10O3/c1-6-9(13)7-4-2-3-5-8(7)11-12(15-11)10(6)14/h2-5,11-13H,1H3. The van der Waals surface area contributed by atoms with Gasteiger partial charge in [-0.05, 0) is 12.5 Å². The van der Waals surface area contributed by atoms with Crippen molar-refractivity contribution in [3.05, 3.63) is 41.0 Å². The molecule has 1 fully saturated rings. The van der Waals surface area contributed by atoms with Gasteiger partial charge in [0.1, 0.15) is 11.9 Å². The highest BCUT2D eigenvalue weighted by Gasteiger charge is 2.49. The topological polar surface area (TPSA) is 49.8 Å². The van der Waals surface area contributed by atoms with Crippen molar-refractivity contribution >= 4 is 11.5 Å². The van der Waals surface area contributed by atoms with E-state index in [1.165, 1.54) is 0 Å². The third-order valence-electron chi connectivity index (χ3n) is 3.00. The Morgan fingerprint density at radius 1 is 1.27 bits per heavy atom. The number of ketones is 1. The second-order valence-corrected chi connectivity index (χ2v) is 3.90. The molecule has 3 rings (SSSR count). The van der Waals surface area contributed by atoms with E-state index in [4.69, 9.17) is 4.74 Å². The van der Waals surface area contributed by atoms with Gasteiger partial charge in [0.25, 0.3) is 0 Å². The summed E-state index contributed by atoms with van der Waals surface area (Å²) in [4.78, 5) is 11.7. The van der Waals surface area contributed by atoms with Gasteiger partial charge in [0, 0.05) is 11.1 Å². The van der Waals surface area contributed by atoms with Crippen LogP contribution in [0.15, 0.2) is 29.8 Å². The SMILES string of the molecule is CC1=C(O)c2ccccc2C2OC2C1=O. The Kier molecular flexibility index (Phi) is 1.56. The minimum Gasteiger partial charge on any atom is -0.507 e.